The monoisotopic (exact) mass is 364 g/mol. The van der Waals surface area contributed by atoms with Gasteiger partial charge in [-0.1, -0.05) is 39.5 Å². The minimum absolute atomic E-state index is 0. The van der Waals surface area contributed by atoms with Gasteiger partial charge >= 0.3 is 11.9 Å². The van der Waals surface area contributed by atoms with Crippen LogP contribution >= 0.6 is 0 Å². The summed E-state index contributed by atoms with van der Waals surface area (Å²) in [6.07, 6.45) is 0. The van der Waals surface area contributed by atoms with Gasteiger partial charge in [-0.2, -0.15) is 0 Å². The second kappa shape index (κ2) is 9.33. The van der Waals surface area contributed by atoms with Crippen LogP contribution in [0.25, 0.3) is 0 Å². The number of carbonyl (C=O) groups excluding carboxylic acids is 3. The fourth-order valence-electron chi connectivity index (χ4n) is 2.86. The third kappa shape index (κ3) is 4.82. The Balaban J connectivity index is 0.00000338. The zero-order valence-corrected chi connectivity index (χ0v) is 15.0. The minimum atomic E-state index is -0.813. The van der Waals surface area contributed by atoms with Crippen LogP contribution in [0.2, 0.25) is 0 Å². The van der Waals surface area contributed by atoms with Crippen molar-refractivity contribution in [1.29, 1.82) is 0 Å². The van der Waals surface area contributed by atoms with Crippen molar-refractivity contribution in [2.45, 2.75) is 40.3 Å². The molecule has 1 aromatic rings. The van der Waals surface area contributed by atoms with Gasteiger partial charge in [0.15, 0.2) is 0 Å². The van der Waals surface area contributed by atoms with E-state index < -0.39 is 18.0 Å². The van der Waals surface area contributed by atoms with Gasteiger partial charge in [-0.05, 0) is 19.1 Å². The standard InChI is InChI=1S/C18H24N2O5.CH4/c1-12(2)16(21)20-13(3)10-19(11-15(20)18(23)24-4)25-17(22)14-8-6-5-7-9-14;/h5-9,12-13,15H,10-11H2,1-4H3;1H4. The van der Waals surface area contributed by atoms with Crippen LogP contribution < -0.4 is 0 Å². The molecule has 0 bridgehead atoms. The van der Waals surface area contributed by atoms with Gasteiger partial charge in [0, 0.05) is 12.0 Å². The highest BCUT2D eigenvalue weighted by molar-refractivity contribution is 5.89. The number of piperazine rings is 1. The van der Waals surface area contributed by atoms with E-state index in [1.807, 2.05) is 13.0 Å². The minimum Gasteiger partial charge on any atom is -0.467 e. The molecule has 1 heterocycles. The number of hydrogen-bond donors (Lipinski definition) is 0. The molecule has 1 fully saturated rings. The summed E-state index contributed by atoms with van der Waals surface area (Å²) in [5, 5.41) is 1.42. The van der Waals surface area contributed by atoms with Gasteiger partial charge in [0.2, 0.25) is 5.91 Å². The van der Waals surface area contributed by atoms with Crippen molar-refractivity contribution in [1.82, 2.24) is 9.96 Å². The number of ether oxygens (including phenoxy) is 1. The lowest BCUT2D eigenvalue weighted by Crippen LogP contribution is -2.63. The summed E-state index contributed by atoms with van der Waals surface area (Å²) >= 11 is 0. The van der Waals surface area contributed by atoms with Crippen molar-refractivity contribution in [3.8, 4) is 0 Å². The molecule has 0 N–H and O–H groups in total. The second-order valence-corrected chi connectivity index (χ2v) is 6.38. The Morgan fingerprint density at radius 3 is 2.27 bits per heavy atom. The quantitative estimate of drug-likeness (QED) is 0.762. The van der Waals surface area contributed by atoms with Crippen LogP contribution in [0.5, 0.6) is 0 Å². The molecule has 1 aliphatic rings. The van der Waals surface area contributed by atoms with Crippen LogP contribution in [-0.2, 0) is 19.2 Å². The van der Waals surface area contributed by atoms with E-state index in [2.05, 4.69) is 0 Å². The highest BCUT2D eigenvalue weighted by atomic mass is 16.7. The summed E-state index contributed by atoms with van der Waals surface area (Å²) in [6, 6.07) is 7.50. The second-order valence-electron chi connectivity index (χ2n) is 6.38. The number of rotatable bonds is 4. The summed E-state index contributed by atoms with van der Waals surface area (Å²) < 4.78 is 4.84. The molecular formula is C19H28N2O5. The molecule has 7 nitrogen and oxygen atoms in total. The van der Waals surface area contributed by atoms with Gasteiger partial charge in [-0.25, -0.2) is 9.59 Å². The predicted molar refractivity (Wildman–Crippen MR) is 97.1 cm³/mol. The van der Waals surface area contributed by atoms with Crippen molar-refractivity contribution in [2.75, 3.05) is 20.2 Å². The van der Waals surface area contributed by atoms with Crippen LogP contribution in [0.4, 0.5) is 0 Å². The van der Waals surface area contributed by atoms with E-state index in [0.29, 0.717) is 12.1 Å². The Kier molecular flexibility index (Phi) is 7.76. The summed E-state index contributed by atoms with van der Waals surface area (Å²) in [6.45, 7) is 5.79. The maximum absolute atomic E-state index is 12.5. The van der Waals surface area contributed by atoms with Gasteiger partial charge < -0.3 is 14.5 Å². The van der Waals surface area contributed by atoms with E-state index in [1.165, 1.54) is 17.1 Å². The largest absolute Gasteiger partial charge is 0.467 e. The molecule has 0 aliphatic carbocycles. The molecule has 0 spiro atoms. The predicted octanol–water partition coefficient (Wildman–Crippen LogP) is 2.12. The van der Waals surface area contributed by atoms with Crippen LogP contribution in [0.1, 0.15) is 38.6 Å². The maximum Gasteiger partial charge on any atom is 0.357 e. The number of esters is 1. The lowest BCUT2D eigenvalue weighted by Gasteiger charge is -2.43. The number of benzene rings is 1. The first-order chi connectivity index (χ1) is 11.8. The Morgan fingerprint density at radius 1 is 1.12 bits per heavy atom. The SMILES string of the molecule is C.COC(=O)C1CN(OC(=O)c2ccccc2)CC(C)N1C(=O)C(C)C. The van der Waals surface area contributed by atoms with Gasteiger partial charge in [0.1, 0.15) is 6.04 Å². The number of nitrogens with zero attached hydrogens (tertiary/aromatic N) is 2. The molecule has 1 aromatic carbocycles. The number of amides is 1. The topological polar surface area (TPSA) is 76.2 Å². The average molecular weight is 364 g/mol. The van der Waals surface area contributed by atoms with Crippen molar-refractivity contribution >= 4 is 17.8 Å². The number of carbonyl (C=O) groups is 3. The third-order valence-electron chi connectivity index (χ3n) is 4.10. The zero-order valence-electron chi connectivity index (χ0n) is 15.0. The molecule has 144 valence electrons. The zero-order chi connectivity index (χ0) is 18.6. The summed E-state index contributed by atoms with van der Waals surface area (Å²) in [7, 11) is 1.28. The van der Waals surface area contributed by atoms with Crippen LogP contribution in [0, 0.1) is 5.92 Å². The molecule has 0 saturated carbocycles. The Hall–Kier alpha value is -2.41. The average Bonchev–Trinajstić information content (AvgIpc) is 2.60. The van der Waals surface area contributed by atoms with Crippen molar-refractivity contribution in [3.05, 3.63) is 35.9 Å². The Labute approximate surface area is 154 Å². The summed E-state index contributed by atoms with van der Waals surface area (Å²) in [4.78, 5) is 43.8. The van der Waals surface area contributed by atoms with Gasteiger partial charge in [0.05, 0.1) is 25.8 Å². The molecule has 7 heteroatoms. The molecular weight excluding hydrogens is 336 g/mol. The van der Waals surface area contributed by atoms with E-state index in [1.54, 1.807) is 38.1 Å². The lowest BCUT2D eigenvalue weighted by atomic mass is 10.0. The third-order valence-corrected chi connectivity index (χ3v) is 4.10. The number of hydrogen-bond acceptors (Lipinski definition) is 6. The highest BCUT2D eigenvalue weighted by Crippen LogP contribution is 2.21. The smallest absolute Gasteiger partial charge is 0.357 e. The van der Waals surface area contributed by atoms with Gasteiger partial charge in [0.25, 0.3) is 0 Å². The van der Waals surface area contributed by atoms with E-state index in [-0.39, 0.29) is 31.8 Å². The fraction of sp³-hybridized carbons (Fsp3) is 0.526. The van der Waals surface area contributed by atoms with Crippen molar-refractivity contribution in [3.63, 3.8) is 0 Å². The first-order valence-corrected chi connectivity index (χ1v) is 8.27. The molecule has 1 amide bonds. The summed E-state index contributed by atoms with van der Waals surface area (Å²) in [5.74, 6) is -1.40. The van der Waals surface area contributed by atoms with Crippen LogP contribution in [-0.4, -0.2) is 60.1 Å². The lowest BCUT2D eigenvalue weighted by molar-refractivity contribution is -0.184. The van der Waals surface area contributed by atoms with Gasteiger partial charge in [-0.15, -0.1) is 5.06 Å². The van der Waals surface area contributed by atoms with E-state index in [9.17, 15) is 14.4 Å². The highest BCUT2D eigenvalue weighted by Gasteiger charge is 2.42. The van der Waals surface area contributed by atoms with Gasteiger partial charge in [-0.3, -0.25) is 4.79 Å². The first kappa shape index (κ1) is 21.6. The van der Waals surface area contributed by atoms with E-state index >= 15 is 0 Å². The first-order valence-electron chi connectivity index (χ1n) is 8.27. The molecule has 2 atom stereocenters. The molecule has 2 rings (SSSR count). The maximum atomic E-state index is 12.5. The van der Waals surface area contributed by atoms with Crippen LogP contribution in [0.3, 0.4) is 0 Å². The fourth-order valence-corrected chi connectivity index (χ4v) is 2.86. The number of methoxy groups -OCH3 is 1. The van der Waals surface area contributed by atoms with Crippen LogP contribution in [0.15, 0.2) is 30.3 Å². The van der Waals surface area contributed by atoms with E-state index in [0.717, 1.165) is 0 Å². The van der Waals surface area contributed by atoms with Crippen molar-refractivity contribution in [2.24, 2.45) is 5.92 Å². The summed E-state index contributed by atoms with van der Waals surface area (Å²) in [5.41, 5.74) is 0.422. The van der Waals surface area contributed by atoms with E-state index in [4.69, 9.17) is 9.57 Å². The Morgan fingerprint density at radius 2 is 1.73 bits per heavy atom. The van der Waals surface area contributed by atoms with Crippen molar-refractivity contribution < 1.29 is 24.0 Å². The molecule has 0 radical (unpaired) electrons. The molecule has 1 saturated heterocycles. The molecule has 0 aromatic heterocycles. The normalized spacial score (nSPS) is 20.3. The molecule has 1 aliphatic heterocycles. The molecule has 2 unspecified atom stereocenters. The number of hydroxylamine groups is 2. The molecule has 26 heavy (non-hydrogen) atoms. The Bertz CT molecular complexity index is 632.